The van der Waals surface area contributed by atoms with Gasteiger partial charge in [0.2, 0.25) is 3.79 Å². The zero-order valence-corrected chi connectivity index (χ0v) is 12.1. The lowest BCUT2D eigenvalue weighted by Gasteiger charge is -2.09. The zero-order chi connectivity index (χ0) is 12.2. The number of methoxy groups -OCH3 is 1. The van der Waals surface area contributed by atoms with Crippen molar-refractivity contribution in [3.8, 4) is 5.75 Å². The lowest BCUT2D eigenvalue weighted by molar-refractivity contribution is 0.414. The fourth-order valence-corrected chi connectivity index (χ4v) is 1.18. The van der Waals surface area contributed by atoms with E-state index >= 15 is 0 Å². The lowest BCUT2D eigenvalue weighted by Crippen LogP contribution is -2.28. The van der Waals surface area contributed by atoms with Gasteiger partial charge in [-0.2, -0.15) is 0 Å². The third-order valence-electron chi connectivity index (χ3n) is 1.88. The second-order valence-electron chi connectivity index (χ2n) is 3.05. The third kappa shape index (κ3) is 5.68. The van der Waals surface area contributed by atoms with E-state index in [2.05, 4.69) is 4.99 Å². The number of nitrogens with two attached hydrogens (primary N) is 1. The van der Waals surface area contributed by atoms with Crippen molar-refractivity contribution in [2.45, 2.75) is 10.3 Å². The number of hydrogen-bond acceptors (Lipinski definition) is 2. The van der Waals surface area contributed by atoms with Crippen molar-refractivity contribution in [3.63, 3.8) is 0 Å². The Morgan fingerprint density at radius 3 is 2.24 bits per heavy atom. The predicted molar refractivity (Wildman–Crippen MR) is 75.9 cm³/mol. The van der Waals surface area contributed by atoms with Crippen LogP contribution in [0.3, 0.4) is 0 Å². The zero-order valence-electron chi connectivity index (χ0n) is 8.99. The first-order chi connectivity index (χ1) is 7.43. The second kappa shape index (κ2) is 7.17. The molecule has 0 aliphatic carbocycles. The van der Waals surface area contributed by atoms with Gasteiger partial charge in [-0.1, -0.05) is 46.9 Å². The van der Waals surface area contributed by atoms with Crippen molar-refractivity contribution < 1.29 is 4.74 Å². The monoisotopic (exact) mass is 316 g/mol. The summed E-state index contributed by atoms with van der Waals surface area (Å²) in [6.07, 6.45) is 0. The number of ether oxygens (including phenoxy) is 1. The van der Waals surface area contributed by atoms with E-state index in [4.69, 9.17) is 45.3 Å². The van der Waals surface area contributed by atoms with Gasteiger partial charge in [-0.3, -0.25) is 4.99 Å². The van der Waals surface area contributed by atoms with Crippen LogP contribution >= 0.6 is 47.2 Å². The molecule has 1 aromatic rings. The Labute approximate surface area is 121 Å². The standard InChI is InChI=1S/C10H11Cl3N2O.ClH/c1-16-8-4-2-7(3-5-8)6-15-9(14)10(11,12)13;/h2-5H,6H2,1H3,(H2,14,15);1H. The molecule has 0 saturated heterocycles. The number of rotatable bonds is 3. The molecule has 0 radical (unpaired) electrons. The molecule has 1 aromatic carbocycles. The summed E-state index contributed by atoms with van der Waals surface area (Å²) < 4.78 is 3.38. The molecular weight excluding hydrogens is 306 g/mol. The van der Waals surface area contributed by atoms with Crippen LogP contribution in [0.2, 0.25) is 0 Å². The van der Waals surface area contributed by atoms with Crippen LogP contribution in [0.5, 0.6) is 5.75 Å². The second-order valence-corrected chi connectivity index (χ2v) is 5.33. The van der Waals surface area contributed by atoms with E-state index in [9.17, 15) is 0 Å². The molecule has 17 heavy (non-hydrogen) atoms. The number of nitrogens with zero attached hydrogens (tertiary/aromatic N) is 1. The minimum atomic E-state index is -1.65. The van der Waals surface area contributed by atoms with Gasteiger partial charge in [0.15, 0.2) is 0 Å². The molecule has 0 saturated carbocycles. The van der Waals surface area contributed by atoms with Crippen molar-refractivity contribution in [2.24, 2.45) is 10.7 Å². The molecule has 0 aliphatic rings. The Bertz CT molecular complexity index is 373. The fraction of sp³-hybridized carbons (Fsp3) is 0.300. The molecule has 0 aliphatic heterocycles. The number of benzene rings is 1. The number of aliphatic imine (C=N–C) groups is 1. The number of halogens is 4. The highest BCUT2D eigenvalue weighted by atomic mass is 35.6. The van der Waals surface area contributed by atoms with Crippen molar-refractivity contribution >= 4 is 53.0 Å². The molecule has 0 atom stereocenters. The minimum Gasteiger partial charge on any atom is -0.497 e. The number of amidine groups is 1. The summed E-state index contributed by atoms with van der Waals surface area (Å²) in [4.78, 5) is 3.98. The molecule has 0 unspecified atom stereocenters. The quantitative estimate of drug-likeness (QED) is 0.528. The van der Waals surface area contributed by atoms with Crippen LogP contribution in [-0.2, 0) is 6.54 Å². The molecule has 0 heterocycles. The van der Waals surface area contributed by atoms with Gasteiger partial charge in [0.1, 0.15) is 11.6 Å². The lowest BCUT2D eigenvalue weighted by atomic mass is 10.2. The first-order valence-corrected chi connectivity index (χ1v) is 5.57. The average Bonchev–Trinajstić information content (AvgIpc) is 2.25. The summed E-state index contributed by atoms with van der Waals surface area (Å²) in [5.41, 5.74) is 6.44. The summed E-state index contributed by atoms with van der Waals surface area (Å²) in [7, 11) is 1.61. The van der Waals surface area contributed by atoms with Crippen LogP contribution < -0.4 is 10.5 Å². The highest BCUT2D eigenvalue weighted by Gasteiger charge is 2.24. The highest BCUT2D eigenvalue weighted by molar-refractivity contribution is 6.76. The Morgan fingerprint density at radius 2 is 1.82 bits per heavy atom. The highest BCUT2D eigenvalue weighted by Crippen LogP contribution is 2.26. The molecule has 3 nitrogen and oxygen atoms in total. The average molecular weight is 318 g/mol. The van der Waals surface area contributed by atoms with Gasteiger partial charge < -0.3 is 10.5 Å². The van der Waals surface area contributed by atoms with Crippen LogP contribution in [0.25, 0.3) is 0 Å². The van der Waals surface area contributed by atoms with E-state index in [0.717, 1.165) is 11.3 Å². The van der Waals surface area contributed by atoms with Crippen LogP contribution in [0, 0.1) is 0 Å². The Balaban J connectivity index is 0.00000256. The van der Waals surface area contributed by atoms with E-state index in [1.807, 2.05) is 24.3 Å². The van der Waals surface area contributed by atoms with Crippen LogP contribution in [-0.4, -0.2) is 16.7 Å². The fourth-order valence-electron chi connectivity index (χ4n) is 0.997. The van der Waals surface area contributed by atoms with Crippen molar-refractivity contribution in [1.82, 2.24) is 0 Å². The van der Waals surface area contributed by atoms with Crippen molar-refractivity contribution in [2.75, 3.05) is 7.11 Å². The predicted octanol–water partition coefficient (Wildman–Crippen LogP) is 3.34. The molecule has 0 amide bonds. The SMILES string of the molecule is COc1ccc(CN=C(N)C(Cl)(Cl)Cl)cc1.Cl. The van der Waals surface area contributed by atoms with E-state index in [1.54, 1.807) is 7.11 Å². The summed E-state index contributed by atoms with van der Waals surface area (Å²) in [5, 5.41) is 0. The molecule has 2 N–H and O–H groups in total. The van der Waals surface area contributed by atoms with Gasteiger partial charge in [-0.25, -0.2) is 0 Å². The molecule has 96 valence electrons. The third-order valence-corrected chi connectivity index (χ3v) is 2.46. The van der Waals surface area contributed by atoms with Gasteiger partial charge in [0, 0.05) is 0 Å². The number of hydrogen-bond donors (Lipinski definition) is 1. The van der Waals surface area contributed by atoms with Gasteiger partial charge in [-0.05, 0) is 17.7 Å². The van der Waals surface area contributed by atoms with Crippen molar-refractivity contribution in [3.05, 3.63) is 29.8 Å². The van der Waals surface area contributed by atoms with Gasteiger partial charge in [0.05, 0.1) is 13.7 Å². The molecule has 1 rings (SSSR count). The minimum absolute atomic E-state index is 0. The summed E-state index contributed by atoms with van der Waals surface area (Å²) in [6, 6.07) is 7.40. The topological polar surface area (TPSA) is 47.6 Å². The van der Waals surface area contributed by atoms with E-state index in [1.165, 1.54) is 0 Å². The Morgan fingerprint density at radius 1 is 1.29 bits per heavy atom. The maximum absolute atomic E-state index is 5.55. The normalized spacial score (nSPS) is 11.9. The maximum Gasteiger partial charge on any atom is 0.247 e. The van der Waals surface area contributed by atoms with E-state index in [-0.39, 0.29) is 18.2 Å². The molecule has 0 fully saturated rings. The first-order valence-electron chi connectivity index (χ1n) is 4.43. The molecule has 0 spiro atoms. The molecular formula is C10H12Cl4N2O. The molecule has 7 heteroatoms. The number of alkyl halides is 3. The van der Waals surface area contributed by atoms with Crippen LogP contribution in [0.1, 0.15) is 5.56 Å². The summed E-state index contributed by atoms with van der Waals surface area (Å²) in [5.74, 6) is 0.760. The first kappa shape index (κ1) is 16.6. The summed E-state index contributed by atoms with van der Waals surface area (Å²) in [6.45, 7) is 0.365. The maximum atomic E-state index is 5.55. The van der Waals surface area contributed by atoms with Gasteiger partial charge in [-0.15, -0.1) is 12.4 Å². The van der Waals surface area contributed by atoms with E-state index in [0.29, 0.717) is 6.54 Å². The smallest absolute Gasteiger partial charge is 0.247 e. The van der Waals surface area contributed by atoms with E-state index < -0.39 is 3.79 Å². The van der Waals surface area contributed by atoms with Gasteiger partial charge >= 0.3 is 0 Å². The largest absolute Gasteiger partial charge is 0.497 e. The molecule has 0 aromatic heterocycles. The van der Waals surface area contributed by atoms with Gasteiger partial charge in [0.25, 0.3) is 0 Å². The molecule has 0 bridgehead atoms. The Kier molecular flexibility index (Phi) is 7.02. The Hall–Kier alpha value is -0.350. The van der Waals surface area contributed by atoms with Crippen LogP contribution in [0.4, 0.5) is 0 Å². The van der Waals surface area contributed by atoms with Crippen molar-refractivity contribution in [1.29, 1.82) is 0 Å². The summed E-state index contributed by atoms with van der Waals surface area (Å²) >= 11 is 16.7. The van der Waals surface area contributed by atoms with Crippen LogP contribution in [0.15, 0.2) is 29.3 Å².